The zero-order chi connectivity index (χ0) is 11.8. The van der Waals surface area contributed by atoms with Crippen LogP contribution in [0.15, 0.2) is 11.4 Å². The number of thiophene rings is 1. The summed E-state index contributed by atoms with van der Waals surface area (Å²) in [7, 11) is 0. The number of rotatable bonds is 2. The molecule has 0 amide bonds. The molecule has 1 saturated carbocycles. The van der Waals surface area contributed by atoms with Crippen molar-refractivity contribution in [2.45, 2.75) is 49.8 Å². The number of hydrogen-bond donors (Lipinski definition) is 0. The maximum absolute atomic E-state index is 4.50. The third-order valence-corrected chi connectivity index (χ3v) is 5.96. The summed E-state index contributed by atoms with van der Waals surface area (Å²) < 4.78 is 0. The molecule has 1 aliphatic carbocycles. The van der Waals surface area contributed by atoms with Crippen LogP contribution >= 0.6 is 23.1 Å². The summed E-state index contributed by atoms with van der Waals surface area (Å²) in [4.78, 5) is 11.4. The molecular formula is C13H16N2S2. The Labute approximate surface area is 110 Å². The Balaban J connectivity index is 2.02. The Morgan fingerprint density at radius 3 is 2.76 bits per heavy atom. The zero-order valence-electron chi connectivity index (χ0n) is 10.2. The lowest BCUT2D eigenvalue weighted by molar-refractivity contribution is 0.886. The Hall–Kier alpha value is -0.610. The maximum atomic E-state index is 4.50. The molecule has 4 heteroatoms. The number of hydrogen-bond acceptors (Lipinski definition) is 4. The van der Waals surface area contributed by atoms with Crippen molar-refractivity contribution in [3.63, 3.8) is 0 Å². The van der Waals surface area contributed by atoms with E-state index < -0.39 is 0 Å². The average molecular weight is 264 g/mol. The van der Waals surface area contributed by atoms with Crippen molar-refractivity contribution in [1.29, 1.82) is 0 Å². The molecule has 0 N–H and O–H groups in total. The van der Waals surface area contributed by atoms with Crippen LogP contribution in [0.3, 0.4) is 0 Å². The lowest BCUT2D eigenvalue weighted by atomic mass is 10.2. The van der Waals surface area contributed by atoms with Gasteiger partial charge in [-0.3, -0.25) is 0 Å². The normalized spacial score (nSPS) is 17.1. The van der Waals surface area contributed by atoms with Crippen molar-refractivity contribution in [2.75, 3.05) is 0 Å². The van der Waals surface area contributed by atoms with Gasteiger partial charge in [-0.25, -0.2) is 9.97 Å². The second kappa shape index (κ2) is 4.58. The number of thioether (sulfide) groups is 1. The van der Waals surface area contributed by atoms with E-state index in [1.54, 1.807) is 17.7 Å². The standard InChI is InChI=1S/C13H16N2S2/c1-8-9(2)16-12-11(8)13(15-7-14-12)17-10-5-3-4-6-10/h7,10H,3-6H2,1-2H3. The first kappa shape index (κ1) is 11.5. The summed E-state index contributed by atoms with van der Waals surface area (Å²) in [5.41, 5.74) is 1.37. The largest absolute Gasteiger partial charge is 0.229 e. The summed E-state index contributed by atoms with van der Waals surface area (Å²) in [5, 5.41) is 3.27. The fourth-order valence-electron chi connectivity index (χ4n) is 2.40. The van der Waals surface area contributed by atoms with Gasteiger partial charge in [0.05, 0.1) is 0 Å². The molecule has 2 nitrogen and oxygen atoms in total. The predicted molar refractivity (Wildman–Crippen MR) is 75.0 cm³/mol. The highest BCUT2D eigenvalue weighted by atomic mass is 32.2. The summed E-state index contributed by atoms with van der Waals surface area (Å²) >= 11 is 3.75. The Morgan fingerprint density at radius 1 is 1.24 bits per heavy atom. The van der Waals surface area contributed by atoms with E-state index >= 15 is 0 Å². The van der Waals surface area contributed by atoms with Gasteiger partial charge in [-0.1, -0.05) is 12.8 Å². The molecule has 0 atom stereocenters. The molecule has 3 rings (SSSR count). The highest BCUT2D eigenvalue weighted by molar-refractivity contribution is 8.00. The first-order chi connectivity index (χ1) is 8.25. The smallest absolute Gasteiger partial charge is 0.128 e. The molecule has 90 valence electrons. The highest BCUT2D eigenvalue weighted by Crippen LogP contribution is 2.39. The molecule has 0 unspecified atom stereocenters. The third kappa shape index (κ3) is 2.08. The molecule has 2 aromatic rings. The minimum atomic E-state index is 0.771. The summed E-state index contributed by atoms with van der Waals surface area (Å²) in [6, 6.07) is 0. The molecule has 0 spiro atoms. The van der Waals surface area contributed by atoms with Gasteiger partial charge < -0.3 is 0 Å². The van der Waals surface area contributed by atoms with E-state index in [4.69, 9.17) is 0 Å². The van der Waals surface area contributed by atoms with Crippen molar-refractivity contribution in [1.82, 2.24) is 9.97 Å². The van der Waals surface area contributed by atoms with E-state index in [0.717, 1.165) is 10.1 Å². The van der Waals surface area contributed by atoms with Crippen molar-refractivity contribution >= 4 is 33.3 Å². The Morgan fingerprint density at radius 2 is 2.00 bits per heavy atom. The first-order valence-corrected chi connectivity index (χ1v) is 7.82. The van der Waals surface area contributed by atoms with Crippen LogP contribution in [-0.2, 0) is 0 Å². The van der Waals surface area contributed by atoms with Crippen molar-refractivity contribution in [2.24, 2.45) is 0 Å². The average Bonchev–Trinajstić information content (AvgIpc) is 2.90. The van der Waals surface area contributed by atoms with E-state index in [9.17, 15) is 0 Å². The third-order valence-electron chi connectivity index (χ3n) is 3.51. The van der Waals surface area contributed by atoms with Crippen LogP contribution in [-0.4, -0.2) is 15.2 Å². The van der Waals surface area contributed by atoms with Crippen LogP contribution in [0.4, 0.5) is 0 Å². The van der Waals surface area contributed by atoms with Gasteiger partial charge in [-0.2, -0.15) is 0 Å². The van der Waals surface area contributed by atoms with Gasteiger partial charge in [-0.15, -0.1) is 23.1 Å². The molecule has 0 radical (unpaired) electrons. The highest BCUT2D eigenvalue weighted by Gasteiger charge is 2.20. The molecule has 0 aromatic carbocycles. The Kier molecular flexibility index (Phi) is 3.09. The fraction of sp³-hybridized carbons (Fsp3) is 0.538. The van der Waals surface area contributed by atoms with Crippen LogP contribution in [0.1, 0.15) is 36.1 Å². The van der Waals surface area contributed by atoms with Gasteiger partial charge in [0.1, 0.15) is 16.2 Å². The van der Waals surface area contributed by atoms with E-state index in [-0.39, 0.29) is 0 Å². The van der Waals surface area contributed by atoms with Crippen LogP contribution < -0.4 is 0 Å². The molecule has 2 aromatic heterocycles. The van der Waals surface area contributed by atoms with E-state index in [1.807, 2.05) is 11.8 Å². The number of aromatic nitrogens is 2. The molecule has 2 heterocycles. The monoisotopic (exact) mass is 264 g/mol. The number of fused-ring (bicyclic) bond motifs is 1. The molecular weight excluding hydrogens is 248 g/mol. The van der Waals surface area contributed by atoms with Crippen molar-refractivity contribution in [3.8, 4) is 0 Å². The van der Waals surface area contributed by atoms with Crippen molar-refractivity contribution in [3.05, 3.63) is 16.8 Å². The van der Waals surface area contributed by atoms with Gasteiger partial charge in [0, 0.05) is 15.5 Å². The first-order valence-electron chi connectivity index (χ1n) is 6.13. The van der Waals surface area contributed by atoms with E-state index in [1.165, 1.54) is 46.5 Å². The molecule has 17 heavy (non-hydrogen) atoms. The molecule has 0 saturated heterocycles. The van der Waals surface area contributed by atoms with Crippen LogP contribution in [0.2, 0.25) is 0 Å². The minimum absolute atomic E-state index is 0.771. The molecule has 1 fully saturated rings. The fourth-order valence-corrected chi connectivity index (χ4v) is 4.83. The summed E-state index contributed by atoms with van der Waals surface area (Å²) in [6.07, 6.45) is 7.17. The second-order valence-corrected chi connectivity index (χ2v) is 7.16. The lowest BCUT2D eigenvalue weighted by Gasteiger charge is -2.08. The quantitative estimate of drug-likeness (QED) is 0.754. The van der Waals surface area contributed by atoms with Gasteiger partial charge in [0.15, 0.2) is 0 Å². The predicted octanol–water partition coefficient (Wildman–Crippen LogP) is 4.34. The van der Waals surface area contributed by atoms with E-state index in [0.29, 0.717) is 0 Å². The number of nitrogens with zero attached hydrogens (tertiary/aromatic N) is 2. The molecule has 0 aliphatic heterocycles. The SMILES string of the molecule is Cc1sc2ncnc(SC3CCCC3)c2c1C. The van der Waals surface area contributed by atoms with Gasteiger partial charge in [0.25, 0.3) is 0 Å². The topological polar surface area (TPSA) is 25.8 Å². The van der Waals surface area contributed by atoms with E-state index in [2.05, 4.69) is 23.8 Å². The Bertz CT molecular complexity index is 542. The van der Waals surface area contributed by atoms with Crippen LogP contribution in [0.5, 0.6) is 0 Å². The van der Waals surface area contributed by atoms with Gasteiger partial charge in [-0.05, 0) is 32.3 Å². The zero-order valence-corrected chi connectivity index (χ0v) is 11.8. The maximum Gasteiger partial charge on any atom is 0.128 e. The minimum Gasteiger partial charge on any atom is -0.229 e. The van der Waals surface area contributed by atoms with Gasteiger partial charge >= 0.3 is 0 Å². The van der Waals surface area contributed by atoms with Crippen LogP contribution in [0.25, 0.3) is 10.2 Å². The number of aryl methyl sites for hydroxylation is 2. The van der Waals surface area contributed by atoms with Crippen molar-refractivity contribution < 1.29 is 0 Å². The summed E-state index contributed by atoms with van der Waals surface area (Å²) in [6.45, 7) is 4.36. The second-order valence-electron chi connectivity index (χ2n) is 4.67. The molecule has 0 bridgehead atoms. The van der Waals surface area contributed by atoms with Crippen LogP contribution in [0, 0.1) is 13.8 Å². The summed E-state index contributed by atoms with van der Waals surface area (Å²) in [5.74, 6) is 0. The van der Waals surface area contributed by atoms with Gasteiger partial charge in [0.2, 0.25) is 0 Å². The lowest BCUT2D eigenvalue weighted by Crippen LogP contribution is -1.95. The molecule has 1 aliphatic rings.